The van der Waals surface area contributed by atoms with Crippen molar-refractivity contribution in [3.8, 4) is 5.75 Å². The molecule has 2 aromatic rings. The number of alkyl halides is 1. The van der Waals surface area contributed by atoms with Crippen LogP contribution in [0, 0.1) is 6.92 Å². The van der Waals surface area contributed by atoms with E-state index in [9.17, 15) is 5.11 Å². The Morgan fingerprint density at radius 2 is 2.04 bits per heavy atom. The number of benzene rings is 2. The molecule has 0 saturated carbocycles. The molecular weight excluding hydrogens is 408 g/mol. The molecule has 0 saturated heterocycles. The summed E-state index contributed by atoms with van der Waals surface area (Å²) in [5, 5.41) is 15.2. The number of phenols is 1. The van der Waals surface area contributed by atoms with Gasteiger partial charge in [-0.2, -0.15) is 4.40 Å². The lowest BCUT2D eigenvalue weighted by molar-refractivity contribution is 0.472. The third-order valence-electron chi connectivity index (χ3n) is 4.17. The van der Waals surface area contributed by atoms with Crippen LogP contribution in [0.25, 0.3) is 0 Å². The second kappa shape index (κ2) is 6.62. The van der Waals surface area contributed by atoms with Gasteiger partial charge >= 0.3 is 0 Å². The summed E-state index contributed by atoms with van der Waals surface area (Å²) in [7, 11) is 0. The minimum atomic E-state index is -0.0455. The van der Waals surface area contributed by atoms with E-state index >= 15 is 0 Å². The minimum absolute atomic E-state index is 0.0455. The van der Waals surface area contributed by atoms with Crippen LogP contribution in [0.5, 0.6) is 5.75 Å². The maximum Gasteiger partial charge on any atom is 0.150 e. The van der Waals surface area contributed by atoms with Gasteiger partial charge in [-0.25, -0.2) is 0 Å². The van der Waals surface area contributed by atoms with Crippen LogP contribution in [0.2, 0.25) is 5.02 Å². The van der Waals surface area contributed by atoms with Crippen molar-refractivity contribution in [2.45, 2.75) is 31.1 Å². The normalized spacial score (nSPS) is 14.0. The van der Waals surface area contributed by atoms with Crippen LogP contribution >= 0.6 is 39.5 Å². The summed E-state index contributed by atoms with van der Waals surface area (Å²) in [5.41, 5.74) is 3.80. The fourth-order valence-corrected chi connectivity index (χ4v) is 3.97. The summed E-state index contributed by atoms with van der Waals surface area (Å²) in [4.78, 5) is 1.01. The Morgan fingerprint density at radius 3 is 2.75 bits per heavy atom. The van der Waals surface area contributed by atoms with Crippen LogP contribution < -0.4 is 5.32 Å². The van der Waals surface area contributed by atoms with Gasteiger partial charge in [-0.15, -0.1) is 0 Å². The molecule has 3 rings (SSSR count). The molecule has 2 N–H and O–H groups in total. The maximum absolute atomic E-state index is 10.4. The zero-order valence-corrected chi connectivity index (χ0v) is 16.8. The molecule has 3 nitrogen and oxygen atoms in total. The first kappa shape index (κ1) is 17.6. The molecule has 1 aliphatic heterocycles. The number of nitrogens with one attached hydrogen (secondary N) is 1. The van der Waals surface area contributed by atoms with Gasteiger partial charge in [-0.1, -0.05) is 47.4 Å². The van der Waals surface area contributed by atoms with Crippen molar-refractivity contribution in [3.05, 3.63) is 52.0 Å². The van der Waals surface area contributed by atoms with Gasteiger partial charge < -0.3 is 10.4 Å². The highest BCUT2D eigenvalue weighted by molar-refractivity contribution is 9.09. The fourth-order valence-electron chi connectivity index (χ4n) is 2.83. The van der Waals surface area contributed by atoms with E-state index in [1.165, 1.54) is 17.5 Å². The van der Waals surface area contributed by atoms with E-state index in [0.29, 0.717) is 10.9 Å². The van der Waals surface area contributed by atoms with E-state index in [1.807, 2.05) is 31.2 Å². The average Bonchev–Trinajstić information content (AvgIpc) is 2.54. The SMILES string of the molecule is Cc1c(C(C)(C)CBr)ccc(O)c1C1=NSc2ccc(Cl)cc2N1. The molecule has 0 bridgehead atoms. The topological polar surface area (TPSA) is 44.6 Å². The number of aromatic hydroxyl groups is 1. The summed E-state index contributed by atoms with van der Waals surface area (Å²) >= 11 is 11.1. The number of fused-ring (bicyclic) bond motifs is 1. The Morgan fingerprint density at radius 1 is 1.29 bits per heavy atom. The standard InChI is InChI=1S/C18H18BrClN2OS/c1-10-12(18(2,3)9-19)5-6-14(23)16(10)17-21-13-8-11(20)4-7-15(13)24-22-17/h4-8,23H,9H2,1-3H3,(H,21,22). The molecule has 24 heavy (non-hydrogen) atoms. The van der Waals surface area contributed by atoms with Crippen molar-refractivity contribution in [2.24, 2.45) is 4.40 Å². The van der Waals surface area contributed by atoms with Gasteiger partial charge in [-0.05, 0) is 47.7 Å². The van der Waals surface area contributed by atoms with Crippen LogP contribution in [-0.2, 0) is 5.41 Å². The van der Waals surface area contributed by atoms with Gasteiger partial charge in [0.25, 0.3) is 0 Å². The molecule has 126 valence electrons. The second-order valence-corrected chi connectivity index (χ2v) is 8.25. The minimum Gasteiger partial charge on any atom is -0.507 e. The monoisotopic (exact) mass is 424 g/mol. The molecule has 0 fully saturated rings. The average molecular weight is 426 g/mol. The van der Waals surface area contributed by atoms with Crippen LogP contribution in [-0.4, -0.2) is 16.3 Å². The second-order valence-electron chi connectivity index (χ2n) is 6.45. The summed E-state index contributed by atoms with van der Waals surface area (Å²) in [5.74, 6) is 0.871. The Hall–Kier alpha value is -1.17. The molecule has 0 aliphatic carbocycles. The van der Waals surface area contributed by atoms with E-state index < -0.39 is 0 Å². The van der Waals surface area contributed by atoms with Crippen molar-refractivity contribution < 1.29 is 5.11 Å². The van der Waals surface area contributed by atoms with Gasteiger partial charge in [0, 0.05) is 22.3 Å². The molecule has 1 heterocycles. The molecule has 1 aliphatic rings. The molecule has 2 aromatic carbocycles. The van der Waals surface area contributed by atoms with Gasteiger partial charge in [0.15, 0.2) is 0 Å². The summed E-state index contributed by atoms with van der Waals surface area (Å²) in [6, 6.07) is 9.38. The molecule has 0 spiro atoms. The maximum atomic E-state index is 10.4. The van der Waals surface area contributed by atoms with E-state index in [-0.39, 0.29) is 11.2 Å². The van der Waals surface area contributed by atoms with Crippen molar-refractivity contribution in [3.63, 3.8) is 0 Å². The number of amidine groups is 1. The largest absolute Gasteiger partial charge is 0.507 e. The Balaban J connectivity index is 2.07. The number of hydrogen-bond acceptors (Lipinski definition) is 4. The number of anilines is 1. The van der Waals surface area contributed by atoms with Crippen LogP contribution in [0.1, 0.15) is 30.5 Å². The predicted octanol–water partition coefficient (Wildman–Crippen LogP) is 5.91. The van der Waals surface area contributed by atoms with Gasteiger partial charge in [0.1, 0.15) is 11.6 Å². The molecule has 0 aromatic heterocycles. The number of rotatable bonds is 3. The lowest BCUT2D eigenvalue weighted by atomic mass is 9.82. The summed E-state index contributed by atoms with van der Waals surface area (Å²) < 4.78 is 4.55. The predicted molar refractivity (Wildman–Crippen MR) is 107 cm³/mol. The van der Waals surface area contributed by atoms with E-state index in [2.05, 4.69) is 39.5 Å². The lowest BCUT2D eigenvalue weighted by Crippen LogP contribution is -2.24. The van der Waals surface area contributed by atoms with Crippen molar-refractivity contribution in [2.75, 3.05) is 10.6 Å². The highest BCUT2D eigenvalue weighted by atomic mass is 79.9. The Labute approximate surface area is 159 Å². The molecule has 0 amide bonds. The smallest absolute Gasteiger partial charge is 0.150 e. The first-order valence-corrected chi connectivity index (χ1v) is 9.82. The van der Waals surface area contributed by atoms with E-state index in [1.54, 1.807) is 6.07 Å². The first-order valence-electron chi connectivity index (χ1n) is 7.54. The van der Waals surface area contributed by atoms with Gasteiger partial charge in [0.05, 0.1) is 16.1 Å². The first-order chi connectivity index (χ1) is 11.3. The third kappa shape index (κ3) is 3.17. The number of hydrogen-bond donors (Lipinski definition) is 2. The fraction of sp³-hybridized carbons (Fsp3) is 0.278. The number of halogens is 2. The molecule has 0 radical (unpaired) electrons. The molecule has 0 unspecified atom stereocenters. The van der Waals surface area contributed by atoms with Crippen molar-refractivity contribution in [1.82, 2.24) is 0 Å². The third-order valence-corrected chi connectivity index (χ3v) is 6.64. The van der Waals surface area contributed by atoms with Gasteiger partial charge in [-0.3, -0.25) is 0 Å². The lowest BCUT2D eigenvalue weighted by Gasteiger charge is -2.27. The zero-order valence-electron chi connectivity index (χ0n) is 13.7. The van der Waals surface area contributed by atoms with Crippen LogP contribution in [0.15, 0.2) is 39.6 Å². The zero-order chi connectivity index (χ0) is 17.5. The Kier molecular flexibility index (Phi) is 4.87. The highest BCUT2D eigenvalue weighted by Crippen LogP contribution is 2.39. The number of phenolic OH excluding ortho intramolecular Hbond substituents is 1. The summed E-state index contributed by atoms with van der Waals surface area (Å²) in [6.45, 7) is 6.37. The van der Waals surface area contributed by atoms with Gasteiger partial charge in [0.2, 0.25) is 0 Å². The van der Waals surface area contributed by atoms with Crippen molar-refractivity contribution in [1.29, 1.82) is 0 Å². The summed E-state index contributed by atoms with van der Waals surface area (Å²) in [6.07, 6.45) is 0. The van der Waals surface area contributed by atoms with Crippen LogP contribution in [0.3, 0.4) is 0 Å². The van der Waals surface area contributed by atoms with E-state index in [0.717, 1.165) is 27.0 Å². The quantitative estimate of drug-likeness (QED) is 0.475. The molecular formula is C18H18BrClN2OS. The van der Waals surface area contributed by atoms with E-state index in [4.69, 9.17) is 11.6 Å². The molecule has 0 atom stereocenters. The highest BCUT2D eigenvalue weighted by Gasteiger charge is 2.26. The van der Waals surface area contributed by atoms with Crippen molar-refractivity contribution >= 4 is 51.0 Å². The molecule has 6 heteroatoms. The van der Waals surface area contributed by atoms with Crippen LogP contribution in [0.4, 0.5) is 5.69 Å². The number of nitrogens with zero attached hydrogens (tertiary/aromatic N) is 1. The Bertz CT molecular complexity index is 836.